The maximum absolute atomic E-state index is 13.7. The maximum Gasteiger partial charge on any atom is 0.332 e. The van der Waals surface area contributed by atoms with E-state index >= 15 is 0 Å². The molecular weight excluding hydrogens is 287 g/mol. The Balaban J connectivity index is 2.56. The van der Waals surface area contributed by atoms with Gasteiger partial charge in [-0.15, -0.1) is 0 Å². The van der Waals surface area contributed by atoms with Crippen LogP contribution in [0.5, 0.6) is 0 Å². The van der Waals surface area contributed by atoms with E-state index in [1.807, 2.05) is 6.92 Å². The summed E-state index contributed by atoms with van der Waals surface area (Å²) in [6.45, 7) is 2.16. The number of aromatic nitrogens is 2. The lowest BCUT2D eigenvalue weighted by Crippen LogP contribution is -2.42. The summed E-state index contributed by atoms with van der Waals surface area (Å²) in [5, 5.41) is 0. The first-order chi connectivity index (χ1) is 10.5. The molecule has 0 aliphatic carbocycles. The quantitative estimate of drug-likeness (QED) is 0.866. The summed E-state index contributed by atoms with van der Waals surface area (Å²) in [7, 11) is 0. The molecule has 7 heteroatoms. The molecule has 0 radical (unpaired) electrons. The monoisotopic (exact) mass is 306 g/mol. The molecule has 1 aromatic heterocycles. The van der Waals surface area contributed by atoms with Gasteiger partial charge in [0.1, 0.15) is 17.3 Å². The standard InChI is InChI=1S/C15H19FN4O2/c1-2-3-8-19-13(18)12(17)14(21)20(15(19)22)9-10-6-4-5-7-11(10)16/h4-7H,2-3,8-9,17-18H2,1H3. The number of anilines is 2. The van der Waals surface area contributed by atoms with Crippen molar-refractivity contribution in [2.24, 2.45) is 0 Å². The van der Waals surface area contributed by atoms with E-state index in [1.165, 1.54) is 16.7 Å². The molecule has 0 bridgehead atoms. The summed E-state index contributed by atoms with van der Waals surface area (Å²) in [6, 6.07) is 5.97. The predicted molar refractivity (Wildman–Crippen MR) is 84.2 cm³/mol. The van der Waals surface area contributed by atoms with Gasteiger partial charge in [0, 0.05) is 12.1 Å². The highest BCUT2D eigenvalue weighted by molar-refractivity contribution is 5.56. The normalized spacial score (nSPS) is 10.8. The molecule has 2 aromatic rings. The van der Waals surface area contributed by atoms with E-state index in [2.05, 4.69) is 0 Å². The van der Waals surface area contributed by atoms with E-state index in [-0.39, 0.29) is 23.6 Å². The molecule has 0 atom stereocenters. The van der Waals surface area contributed by atoms with Crippen LogP contribution >= 0.6 is 0 Å². The van der Waals surface area contributed by atoms with Crippen LogP contribution < -0.4 is 22.7 Å². The van der Waals surface area contributed by atoms with Gasteiger partial charge in [-0.05, 0) is 12.5 Å². The van der Waals surface area contributed by atoms with Crippen LogP contribution in [0.4, 0.5) is 15.9 Å². The van der Waals surface area contributed by atoms with E-state index < -0.39 is 17.1 Å². The fraction of sp³-hybridized carbons (Fsp3) is 0.333. The van der Waals surface area contributed by atoms with Crippen LogP contribution in [-0.4, -0.2) is 9.13 Å². The lowest BCUT2D eigenvalue weighted by molar-refractivity contribution is 0.547. The second-order valence-electron chi connectivity index (χ2n) is 5.07. The summed E-state index contributed by atoms with van der Waals surface area (Å²) in [5.41, 5.74) is 10.3. The summed E-state index contributed by atoms with van der Waals surface area (Å²) >= 11 is 0. The summed E-state index contributed by atoms with van der Waals surface area (Å²) in [4.78, 5) is 24.6. The fourth-order valence-corrected chi connectivity index (χ4v) is 2.20. The highest BCUT2D eigenvalue weighted by atomic mass is 19.1. The molecule has 0 saturated carbocycles. The molecule has 6 nitrogen and oxygen atoms in total. The van der Waals surface area contributed by atoms with Crippen LogP contribution in [0, 0.1) is 5.82 Å². The Kier molecular flexibility index (Phi) is 4.65. The number of unbranched alkanes of at least 4 members (excludes halogenated alkanes) is 1. The maximum atomic E-state index is 13.7. The van der Waals surface area contributed by atoms with Gasteiger partial charge in [0.05, 0.1) is 6.54 Å². The molecule has 118 valence electrons. The van der Waals surface area contributed by atoms with Crippen molar-refractivity contribution in [2.45, 2.75) is 32.9 Å². The van der Waals surface area contributed by atoms with E-state index in [4.69, 9.17) is 11.5 Å². The summed E-state index contributed by atoms with van der Waals surface area (Å²) in [5.74, 6) is -0.516. The summed E-state index contributed by atoms with van der Waals surface area (Å²) in [6.07, 6.45) is 1.58. The third-order valence-corrected chi connectivity index (χ3v) is 3.53. The molecular formula is C15H19FN4O2. The lowest BCUT2D eigenvalue weighted by atomic mass is 10.2. The van der Waals surface area contributed by atoms with Crippen molar-refractivity contribution < 1.29 is 4.39 Å². The second-order valence-corrected chi connectivity index (χ2v) is 5.07. The molecule has 0 unspecified atom stereocenters. The molecule has 0 aliphatic heterocycles. The average Bonchev–Trinajstić information content (AvgIpc) is 2.51. The Labute approximate surface area is 126 Å². The number of nitrogens with two attached hydrogens (primary N) is 2. The third-order valence-electron chi connectivity index (χ3n) is 3.53. The molecule has 22 heavy (non-hydrogen) atoms. The van der Waals surface area contributed by atoms with Gasteiger partial charge in [-0.1, -0.05) is 31.5 Å². The largest absolute Gasteiger partial charge is 0.391 e. The van der Waals surface area contributed by atoms with Crippen LogP contribution in [0.1, 0.15) is 25.3 Å². The van der Waals surface area contributed by atoms with Gasteiger partial charge in [0.25, 0.3) is 5.56 Å². The van der Waals surface area contributed by atoms with Crippen molar-refractivity contribution in [3.05, 3.63) is 56.5 Å². The number of rotatable bonds is 5. The lowest BCUT2D eigenvalue weighted by Gasteiger charge is -2.15. The van der Waals surface area contributed by atoms with Crippen LogP contribution in [0.3, 0.4) is 0 Å². The van der Waals surface area contributed by atoms with Gasteiger partial charge in [-0.25, -0.2) is 9.18 Å². The first kappa shape index (κ1) is 15.8. The van der Waals surface area contributed by atoms with Gasteiger partial charge >= 0.3 is 5.69 Å². The summed E-state index contributed by atoms with van der Waals surface area (Å²) < 4.78 is 15.9. The average molecular weight is 306 g/mol. The Bertz CT molecular complexity index is 795. The van der Waals surface area contributed by atoms with E-state index in [0.717, 1.165) is 17.4 Å². The molecule has 0 spiro atoms. The van der Waals surface area contributed by atoms with E-state index in [9.17, 15) is 14.0 Å². The number of benzene rings is 1. The first-order valence-electron chi connectivity index (χ1n) is 7.09. The number of nitrogen functional groups attached to an aromatic ring is 2. The minimum absolute atomic E-state index is 0.0340. The number of halogens is 1. The predicted octanol–water partition coefficient (Wildman–Crippen LogP) is 1.16. The van der Waals surface area contributed by atoms with Crippen LogP contribution in [0.15, 0.2) is 33.9 Å². The smallest absolute Gasteiger partial charge is 0.332 e. The minimum Gasteiger partial charge on any atom is -0.391 e. The van der Waals surface area contributed by atoms with E-state index in [1.54, 1.807) is 12.1 Å². The number of hydrogen-bond acceptors (Lipinski definition) is 4. The molecule has 1 heterocycles. The van der Waals surface area contributed by atoms with Crippen molar-refractivity contribution in [3.63, 3.8) is 0 Å². The molecule has 0 amide bonds. The zero-order valence-electron chi connectivity index (χ0n) is 12.4. The van der Waals surface area contributed by atoms with Gasteiger partial charge in [-0.3, -0.25) is 13.9 Å². The van der Waals surface area contributed by atoms with Crippen molar-refractivity contribution in [1.82, 2.24) is 9.13 Å². The van der Waals surface area contributed by atoms with Gasteiger partial charge in [0.2, 0.25) is 0 Å². The van der Waals surface area contributed by atoms with Crippen molar-refractivity contribution in [3.8, 4) is 0 Å². The van der Waals surface area contributed by atoms with Gasteiger partial charge in [-0.2, -0.15) is 0 Å². The number of nitrogens with zero attached hydrogens (tertiary/aromatic N) is 2. The van der Waals surface area contributed by atoms with Crippen molar-refractivity contribution in [2.75, 3.05) is 11.5 Å². The number of hydrogen-bond donors (Lipinski definition) is 2. The van der Waals surface area contributed by atoms with Crippen molar-refractivity contribution in [1.29, 1.82) is 0 Å². The zero-order chi connectivity index (χ0) is 16.3. The van der Waals surface area contributed by atoms with Crippen LogP contribution in [0.2, 0.25) is 0 Å². The highest BCUT2D eigenvalue weighted by Gasteiger charge is 2.15. The zero-order valence-corrected chi connectivity index (χ0v) is 12.4. The molecule has 0 aliphatic rings. The van der Waals surface area contributed by atoms with Crippen LogP contribution in [-0.2, 0) is 13.1 Å². The molecule has 0 saturated heterocycles. The van der Waals surface area contributed by atoms with Crippen molar-refractivity contribution >= 4 is 11.5 Å². The molecule has 2 rings (SSSR count). The Morgan fingerprint density at radius 1 is 1.14 bits per heavy atom. The third kappa shape index (κ3) is 2.88. The first-order valence-corrected chi connectivity index (χ1v) is 7.09. The molecule has 0 fully saturated rings. The van der Waals surface area contributed by atoms with Gasteiger partial charge < -0.3 is 11.5 Å². The topological polar surface area (TPSA) is 96.0 Å². The highest BCUT2D eigenvalue weighted by Crippen LogP contribution is 2.10. The second kappa shape index (κ2) is 6.46. The Morgan fingerprint density at radius 3 is 2.45 bits per heavy atom. The Morgan fingerprint density at radius 2 is 1.82 bits per heavy atom. The molecule has 4 N–H and O–H groups in total. The van der Waals surface area contributed by atoms with Gasteiger partial charge in [0.15, 0.2) is 0 Å². The van der Waals surface area contributed by atoms with E-state index in [0.29, 0.717) is 6.54 Å². The minimum atomic E-state index is -0.696. The molecule has 1 aromatic carbocycles. The fourth-order valence-electron chi connectivity index (χ4n) is 2.20. The SMILES string of the molecule is CCCCn1c(N)c(N)c(=O)n(Cc2ccccc2F)c1=O. The van der Waals surface area contributed by atoms with Crippen LogP contribution in [0.25, 0.3) is 0 Å². The Hall–Kier alpha value is -2.57.